The largest absolute Gasteiger partial charge is 0.481 e. The molecule has 1 amide bonds. The molecule has 4 N–H and O–H groups in total. The van der Waals surface area contributed by atoms with Gasteiger partial charge < -0.3 is 20.9 Å². The van der Waals surface area contributed by atoms with Gasteiger partial charge in [-0.3, -0.25) is 9.59 Å². The summed E-state index contributed by atoms with van der Waals surface area (Å²) in [5.41, 5.74) is 6.27. The second-order valence-corrected chi connectivity index (χ2v) is 4.77. The van der Waals surface area contributed by atoms with Crippen LogP contribution in [-0.2, 0) is 25.7 Å². The molecule has 22 heavy (non-hydrogen) atoms. The highest BCUT2D eigenvalue weighted by atomic mass is 16.5. The van der Waals surface area contributed by atoms with E-state index in [-0.39, 0.29) is 6.61 Å². The van der Waals surface area contributed by atoms with Crippen LogP contribution in [0.1, 0.15) is 25.3 Å². The van der Waals surface area contributed by atoms with E-state index in [4.69, 9.17) is 15.6 Å². The zero-order chi connectivity index (χ0) is 16.5. The lowest BCUT2D eigenvalue weighted by Crippen LogP contribution is -2.49. The summed E-state index contributed by atoms with van der Waals surface area (Å²) in [6.45, 7) is 1.81. The molecule has 0 aliphatic carbocycles. The Morgan fingerprint density at radius 1 is 1.27 bits per heavy atom. The molecule has 120 valence electrons. The van der Waals surface area contributed by atoms with E-state index >= 15 is 0 Å². The standard InChI is InChI=1S/C15H20N2O5/c1-2-12(17-14(20)11(16)8-13(18)19)15(21)22-9-10-6-4-3-5-7-10/h3-7,11-12H,2,8-9,16H2,1H3,(H,17,20)(H,18,19)/t11-,12+/m0/s1. The van der Waals surface area contributed by atoms with Crippen molar-refractivity contribution in [3.8, 4) is 0 Å². The van der Waals surface area contributed by atoms with Crippen molar-refractivity contribution in [1.82, 2.24) is 5.32 Å². The molecular formula is C15H20N2O5. The molecule has 0 fully saturated rings. The number of nitrogens with two attached hydrogens (primary N) is 1. The van der Waals surface area contributed by atoms with Gasteiger partial charge in [-0.1, -0.05) is 37.3 Å². The quantitative estimate of drug-likeness (QED) is 0.599. The number of amides is 1. The average Bonchev–Trinajstić information content (AvgIpc) is 2.50. The maximum atomic E-state index is 11.9. The fourth-order valence-corrected chi connectivity index (χ4v) is 1.72. The molecule has 0 heterocycles. The van der Waals surface area contributed by atoms with Crippen molar-refractivity contribution in [3.05, 3.63) is 35.9 Å². The third-order valence-electron chi connectivity index (χ3n) is 2.96. The molecular weight excluding hydrogens is 288 g/mol. The Hall–Kier alpha value is -2.41. The van der Waals surface area contributed by atoms with E-state index in [2.05, 4.69) is 5.32 Å². The van der Waals surface area contributed by atoms with Crippen molar-refractivity contribution in [1.29, 1.82) is 0 Å². The van der Waals surface area contributed by atoms with Crippen molar-refractivity contribution < 1.29 is 24.2 Å². The Morgan fingerprint density at radius 3 is 2.45 bits per heavy atom. The van der Waals surface area contributed by atoms with E-state index in [9.17, 15) is 14.4 Å². The SMILES string of the molecule is CC[C@@H](NC(=O)[C@@H](N)CC(=O)O)C(=O)OCc1ccccc1. The predicted molar refractivity (Wildman–Crippen MR) is 78.7 cm³/mol. The van der Waals surface area contributed by atoms with E-state index in [0.717, 1.165) is 5.56 Å². The first-order valence-corrected chi connectivity index (χ1v) is 6.92. The van der Waals surface area contributed by atoms with Crippen LogP contribution in [0.25, 0.3) is 0 Å². The van der Waals surface area contributed by atoms with Crippen LogP contribution in [0.3, 0.4) is 0 Å². The fourth-order valence-electron chi connectivity index (χ4n) is 1.72. The molecule has 7 heteroatoms. The number of carbonyl (C=O) groups is 3. The van der Waals surface area contributed by atoms with Crippen molar-refractivity contribution in [2.45, 2.75) is 38.5 Å². The van der Waals surface area contributed by atoms with Gasteiger partial charge in [-0.25, -0.2) is 4.79 Å². The first kappa shape index (κ1) is 17.6. The number of benzene rings is 1. The summed E-state index contributed by atoms with van der Waals surface area (Å²) < 4.78 is 5.13. The van der Waals surface area contributed by atoms with Crippen molar-refractivity contribution in [2.24, 2.45) is 5.73 Å². The van der Waals surface area contributed by atoms with Crippen LogP contribution in [0, 0.1) is 0 Å². The van der Waals surface area contributed by atoms with Crippen LogP contribution in [0.4, 0.5) is 0 Å². The van der Waals surface area contributed by atoms with Crippen LogP contribution < -0.4 is 11.1 Å². The first-order valence-electron chi connectivity index (χ1n) is 6.92. The van der Waals surface area contributed by atoms with Crippen LogP contribution in [0.2, 0.25) is 0 Å². The Balaban J connectivity index is 2.50. The minimum Gasteiger partial charge on any atom is -0.481 e. The lowest BCUT2D eigenvalue weighted by molar-refractivity contribution is -0.149. The lowest BCUT2D eigenvalue weighted by atomic mass is 10.1. The molecule has 0 saturated heterocycles. The molecule has 2 atom stereocenters. The van der Waals surface area contributed by atoms with E-state index in [0.29, 0.717) is 6.42 Å². The van der Waals surface area contributed by atoms with Crippen LogP contribution in [0.5, 0.6) is 0 Å². The Bertz CT molecular complexity index is 518. The highest BCUT2D eigenvalue weighted by Gasteiger charge is 2.24. The molecule has 0 saturated carbocycles. The number of carbonyl (C=O) groups excluding carboxylic acids is 2. The molecule has 0 spiro atoms. The molecule has 0 aromatic heterocycles. The number of rotatable bonds is 8. The summed E-state index contributed by atoms with van der Waals surface area (Å²) in [6, 6.07) is 7.08. The van der Waals surface area contributed by atoms with E-state index in [1.807, 2.05) is 30.3 Å². The monoisotopic (exact) mass is 308 g/mol. The summed E-state index contributed by atoms with van der Waals surface area (Å²) in [4.78, 5) is 34.2. The Labute approximate surface area is 128 Å². The zero-order valence-electron chi connectivity index (χ0n) is 12.3. The Kier molecular flexibility index (Phi) is 7.04. The van der Waals surface area contributed by atoms with Gasteiger partial charge in [0.2, 0.25) is 5.91 Å². The number of ether oxygens (including phenoxy) is 1. The van der Waals surface area contributed by atoms with Gasteiger partial charge in [0, 0.05) is 0 Å². The normalized spacial score (nSPS) is 13.0. The van der Waals surface area contributed by atoms with Gasteiger partial charge >= 0.3 is 11.9 Å². The molecule has 7 nitrogen and oxygen atoms in total. The number of hydrogen-bond acceptors (Lipinski definition) is 5. The number of esters is 1. The van der Waals surface area contributed by atoms with Gasteiger partial charge in [0.05, 0.1) is 12.5 Å². The van der Waals surface area contributed by atoms with Crippen LogP contribution in [-0.4, -0.2) is 35.0 Å². The number of aliphatic carboxylic acids is 1. The summed E-state index contributed by atoms with van der Waals surface area (Å²) in [5.74, 6) is -2.45. The van der Waals surface area contributed by atoms with E-state index < -0.39 is 36.4 Å². The molecule has 0 unspecified atom stereocenters. The lowest BCUT2D eigenvalue weighted by Gasteiger charge is -2.18. The average molecular weight is 308 g/mol. The topological polar surface area (TPSA) is 119 Å². The van der Waals surface area contributed by atoms with E-state index in [1.54, 1.807) is 6.92 Å². The number of hydrogen-bond donors (Lipinski definition) is 3. The van der Waals surface area contributed by atoms with Crippen molar-refractivity contribution in [2.75, 3.05) is 0 Å². The third kappa shape index (κ3) is 5.92. The Morgan fingerprint density at radius 2 is 1.91 bits per heavy atom. The fraction of sp³-hybridized carbons (Fsp3) is 0.400. The maximum absolute atomic E-state index is 11.9. The van der Waals surface area contributed by atoms with Crippen LogP contribution >= 0.6 is 0 Å². The van der Waals surface area contributed by atoms with Gasteiger partial charge in [-0.05, 0) is 12.0 Å². The smallest absolute Gasteiger partial charge is 0.328 e. The zero-order valence-corrected chi connectivity index (χ0v) is 12.3. The van der Waals surface area contributed by atoms with E-state index in [1.165, 1.54) is 0 Å². The summed E-state index contributed by atoms with van der Waals surface area (Å²) >= 11 is 0. The molecule has 0 bridgehead atoms. The molecule has 0 radical (unpaired) electrons. The first-order chi connectivity index (χ1) is 10.4. The van der Waals surface area contributed by atoms with Gasteiger partial charge in [0.15, 0.2) is 0 Å². The van der Waals surface area contributed by atoms with Crippen molar-refractivity contribution >= 4 is 17.8 Å². The molecule has 0 aliphatic rings. The predicted octanol–water partition coefficient (Wildman–Crippen LogP) is 0.427. The summed E-state index contributed by atoms with van der Waals surface area (Å²) in [6.07, 6.45) is -0.180. The minimum atomic E-state index is -1.20. The second kappa shape index (κ2) is 8.78. The molecule has 1 aromatic carbocycles. The number of carboxylic acid groups (broad SMARTS) is 1. The number of nitrogens with one attached hydrogen (secondary N) is 1. The van der Waals surface area contributed by atoms with Gasteiger partial charge in [-0.15, -0.1) is 0 Å². The molecule has 1 rings (SSSR count). The van der Waals surface area contributed by atoms with Gasteiger partial charge in [0.25, 0.3) is 0 Å². The van der Waals surface area contributed by atoms with Crippen LogP contribution in [0.15, 0.2) is 30.3 Å². The van der Waals surface area contributed by atoms with Gasteiger partial charge in [-0.2, -0.15) is 0 Å². The molecule has 1 aromatic rings. The minimum absolute atomic E-state index is 0.104. The summed E-state index contributed by atoms with van der Waals surface area (Å²) in [5, 5.41) is 11.0. The maximum Gasteiger partial charge on any atom is 0.328 e. The number of carboxylic acids is 1. The second-order valence-electron chi connectivity index (χ2n) is 4.77. The molecule has 0 aliphatic heterocycles. The third-order valence-corrected chi connectivity index (χ3v) is 2.96. The van der Waals surface area contributed by atoms with Crippen molar-refractivity contribution in [3.63, 3.8) is 0 Å². The van der Waals surface area contributed by atoms with Gasteiger partial charge in [0.1, 0.15) is 12.6 Å². The highest BCUT2D eigenvalue weighted by molar-refractivity contribution is 5.89. The highest BCUT2D eigenvalue weighted by Crippen LogP contribution is 2.04. The summed E-state index contributed by atoms with van der Waals surface area (Å²) in [7, 11) is 0.